The summed E-state index contributed by atoms with van der Waals surface area (Å²) in [5, 5.41) is 6.31. The van der Waals surface area contributed by atoms with Crippen molar-refractivity contribution in [1.82, 2.24) is 14.9 Å². The van der Waals surface area contributed by atoms with E-state index in [0.717, 1.165) is 24.2 Å². The minimum atomic E-state index is -3.01. The number of anilines is 1. The van der Waals surface area contributed by atoms with Crippen molar-refractivity contribution >= 4 is 33.0 Å². The molecule has 1 amide bonds. The molecule has 0 radical (unpaired) electrons. The summed E-state index contributed by atoms with van der Waals surface area (Å²) < 4.78 is 31.1. The fourth-order valence-electron chi connectivity index (χ4n) is 4.71. The number of sulfone groups is 1. The Hall–Kier alpha value is -2.26. The van der Waals surface area contributed by atoms with Crippen molar-refractivity contribution in [3.63, 3.8) is 0 Å². The summed E-state index contributed by atoms with van der Waals surface area (Å²) in [4.78, 5) is 17.8. The number of methoxy groups -OCH3 is 1. The van der Waals surface area contributed by atoms with Crippen molar-refractivity contribution < 1.29 is 17.9 Å². The second-order valence-corrected chi connectivity index (χ2v) is 13.2. The zero-order chi connectivity index (χ0) is 26.6. The van der Waals surface area contributed by atoms with E-state index in [1.54, 1.807) is 11.7 Å². The van der Waals surface area contributed by atoms with Crippen LogP contribution in [0.5, 0.6) is 5.75 Å². The minimum Gasteiger partial charge on any atom is -0.494 e. The first-order valence-electron chi connectivity index (χ1n) is 12.6. The summed E-state index contributed by atoms with van der Waals surface area (Å²) in [6.45, 7) is 8.78. The van der Waals surface area contributed by atoms with Crippen LogP contribution in [0.2, 0.25) is 5.15 Å². The van der Waals surface area contributed by atoms with Crippen LogP contribution < -0.4 is 15.4 Å². The maximum Gasteiger partial charge on any atom is 0.273 e. The Morgan fingerprint density at radius 3 is 2.42 bits per heavy atom. The molecule has 2 aromatic rings. The van der Waals surface area contributed by atoms with E-state index in [1.807, 2.05) is 18.2 Å². The van der Waals surface area contributed by atoms with Gasteiger partial charge in [-0.2, -0.15) is 0 Å². The lowest BCUT2D eigenvalue weighted by Crippen LogP contribution is -2.34. The molecule has 0 atom stereocenters. The van der Waals surface area contributed by atoms with Gasteiger partial charge >= 0.3 is 0 Å². The van der Waals surface area contributed by atoms with Crippen molar-refractivity contribution in [2.45, 2.75) is 71.1 Å². The number of imidazole rings is 1. The number of nitrogens with zero attached hydrogens (tertiary/aromatic N) is 2. The lowest BCUT2D eigenvalue weighted by atomic mass is 9.89. The molecule has 1 aliphatic rings. The second-order valence-electron chi connectivity index (χ2n) is 10.5. The lowest BCUT2D eigenvalue weighted by Gasteiger charge is -2.27. The Labute approximate surface area is 220 Å². The van der Waals surface area contributed by atoms with Crippen molar-refractivity contribution in [3.05, 3.63) is 34.9 Å². The Bertz CT molecular complexity index is 1170. The number of hydrogen-bond acceptors (Lipinski definition) is 6. The summed E-state index contributed by atoms with van der Waals surface area (Å²) >= 11 is 6.79. The molecule has 0 bridgehead atoms. The van der Waals surface area contributed by atoms with Gasteiger partial charge in [-0.15, -0.1) is 0 Å². The van der Waals surface area contributed by atoms with Crippen LogP contribution in [-0.4, -0.2) is 55.1 Å². The number of carbonyl (C=O) groups excluding carboxylic acids is 1. The maximum absolute atomic E-state index is 13.1. The molecule has 1 saturated carbocycles. The van der Waals surface area contributed by atoms with E-state index in [4.69, 9.17) is 16.3 Å². The highest BCUT2D eigenvalue weighted by Crippen LogP contribution is 2.33. The Balaban J connectivity index is 1.83. The monoisotopic (exact) mass is 538 g/mol. The number of amides is 1. The first kappa shape index (κ1) is 28.3. The zero-order valence-electron chi connectivity index (χ0n) is 22.1. The van der Waals surface area contributed by atoms with E-state index in [-0.39, 0.29) is 34.0 Å². The van der Waals surface area contributed by atoms with Gasteiger partial charge in [-0.1, -0.05) is 25.4 Å². The van der Waals surface area contributed by atoms with E-state index in [9.17, 15) is 13.2 Å². The maximum atomic E-state index is 13.1. The Morgan fingerprint density at radius 1 is 1.19 bits per heavy atom. The smallest absolute Gasteiger partial charge is 0.273 e. The number of hydrogen-bond donors (Lipinski definition) is 2. The first-order chi connectivity index (χ1) is 16.9. The van der Waals surface area contributed by atoms with Crippen LogP contribution in [-0.2, 0) is 16.3 Å². The molecule has 36 heavy (non-hydrogen) atoms. The lowest BCUT2D eigenvalue weighted by molar-refractivity contribution is 0.0939. The molecule has 3 rings (SSSR count). The van der Waals surface area contributed by atoms with E-state index in [0.29, 0.717) is 43.3 Å². The third kappa shape index (κ3) is 6.94. The van der Waals surface area contributed by atoms with Gasteiger partial charge in [0.2, 0.25) is 0 Å². The molecule has 1 fully saturated rings. The van der Waals surface area contributed by atoms with Gasteiger partial charge in [-0.3, -0.25) is 9.36 Å². The van der Waals surface area contributed by atoms with Crippen LogP contribution in [0.25, 0.3) is 5.69 Å². The number of rotatable bonds is 10. The van der Waals surface area contributed by atoms with Gasteiger partial charge in [0.25, 0.3) is 5.91 Å². The SMILES string of the molecule is COc1cc(NC(C)C)ccc1-n1c(CC(C)C)nc(C(=O)NCC2CCC(S(C)(=O)=O)CC2)c1Cl. The number of benzene rings is 1. The Morgan fingerprint density at radius 2 is 1.86 bits per heavy atom. The number of ether oxygens (including phenoxy) is 1. The van der Waals surface area contributed by atoms with Gasteiger partial charge in [0.05, 0.1) is 18.0 Å². The normalized spacial score (nSPS) is 18.5. The quantitative estimate of drug-likeness (QED) is 0.446. The fourth-order valence-corrected chi connectivity index (χ4v) is 6.15. The summed E-state index contributed by atoms with van der Waals surface area (Å²) in [7, 11) is -1.41. The number of nitrogens with one attached hydrogen (secondary N) is 2. The standard InChI is InChI=1S/C26H39ClN4O4S/c1-16(2)13-23-30-24(26(32)28-15-18-7-10-20(11-8-18)36(6,33)34)25(27)31(23)21-12-9-19(29-17(3)4)14-22(21)35-5/h9,12,14,16-18,20,29H,7-8,10-11,13,15H2,1-6H3,(H,28,32). The molecule has 0 unspecified atom stereocenters. The fraction of sp³-hybridized carbons (Fsp3) is 0.615. The van der Waals surface area contributed by atoms with Crippen molar-refractivity contribution in [3.8, 4) is 11.4 Å². The van der Waals surface area contributed by atoms with E-state index >= 15 is 0 Å². The molecule has 1 aromatic carbocycles. The predicted molar refractivity (Wildman–Crippen MR) is 145 cm³/mol. The van der Waals surface area contributed by atoms with Crippen LogP contribution in [0.4, 0.5) is 5.69 Å². The molecule has 1 aromatic heterocycles. The average molecular weight is 539 g/mol. The number of aromatic nitrogens is 2. The van der Waals surface area contributed by atoms with Gasteiger partial charge in [-0.25, -0.2) is 13.4 Å². The third-order valence-electron chi connectivity index (χ3n) is 6.52. The molecule has 8 nitrogen and oxygen atoms in total. The molecule has 200 valence electrons. The molecule has 0 spiro atoms. The van der Waals surface area contributed by atoms with Crippen molar-refractivity contribution in [2.75, 3.05) is 25.2 Å². The average Bonchev–Trinajstić information content (AvgIpc) is 3.11. The summed E-state index contributed by atoms with van der Waals surface area (Å²) in [5.74, 6) is 1.53. The highest BCUT2D eigenvalue weighted by molar-refractivity contribution is 7.91. The van der Waals surface area contributed by atoms with Gasteiger partial charge in [0.1, 0.15) is 26.6 Å². The van der Waals surface area contributed by atoms with Gasteiger partial charge in [0.15, 0.2) is 5.69 Å². The van der Waals surface area contributed by atoms with Crippen LogP contribution >= 0.6 is 11.6 Å². The topological polar surface area (TPSA) is 102 Å². The predicted octanol–water partition coefficient (Wildman–Crippen LogP) is 4.89. The molecule has 2 N–H and O–H groups in total. The van der Waals surface area contributed by atoms with E-state index in [2.05, 4.69) is 43.3 Å². The van der Waals surface area contributed by atoms with Crippen LogP contribution in [0.3, 0.4) is 0 Å². The summed E-state index contributed by atoms with van der Waals surface area (Å²) in [6.07, 6.45) is 4.75. The zero-order valence-corrected chi connectivity index (χ0v) is 23.7. The first-order valence-corrected chi connectivity index (χ1v) is 14.9. The van der Waals surface area contributed by atoms with Gasteiger partial charge in [0, 0.05) is 37.0 Å². The van der Waals surface area contributed by atoms with Crippen LogP contribution in [0.15, 0.2) is 18.2 Å². The second kappa shape index (κ2) is 11.9. The summed E-state index contributed by atoms with van der Waals surface area (Å²) in [5.41, 5.74) is 1.83. The van der Waals surface area contributed by atoms with Gasteiger partial charge < -0.3 is 15.4 Å². The molecular weight excluding hydrogens is 500 g/mol. The molecule has 1 aliphatic carbocycles. The van der Waals surface area contributed by atoms with Crippen molar-refractivity contribution in [2.24, 2.45) is 11.8 Å². The number of halogens is 1. The highest BCUT2D eigenvalue weighted by Gasteiger charge is 2.29. The van der Waals surface area contributed by atoms with Crippen LogP contribution in [0.1, 0.15) is 69.7 Å². The Kier molecular flexibility index (Phi) is 9.33. The minimum absolute atomic E-state index is 0.184. The molecule has 10 heteroatoms. The van der Waals surface area contributed by atoms with Crippen molar-refractivity contribution in [1.29, 1.82) is 0 Å². The van der Waals surface area contributed by atoms with Gasteiger partial charge in [-0.05, 0) is 63.5 Å². The van der Waals surface area contributed by atoms with E-state index < -0.39 is 9.84 Å². The summed E-state index contributed by atoms with van der Waals surface area (Å²) in [6, 6.07) is 6.06. The molecule has 0 saturated heterocycles. The molecular formula is C26H39ClN4O4S. The number of carbonyl (C=O) groups is 1. The molecule has 1 heterocycles. The third-order valence-corrected chi connectivity index (χ3v) is 8.55. The molecule has 0 aliphatic heterocycles. The largest absolute Gasteiger partial charge is 0.494 e. The van der Waals surface area contributed by atoms with Crippen LogP contribution in [0, 0.1) is 11.8 Å². The van der Waals surface area contributed by atoms with E-state index in [1.165, 1.54) is 6.26 Å². The highest BCUT2D eigenvalue weighted by atomic mass is 35.5.